The van der Waals surface area contributed by atoms with Crippen LogP contribution in [0.5, 0.6) is 0 Å². The number of aryl methyl sites for hydroxylation is 1. The molecule has 2 aromatic rings. The van der Waals surface area contributed by atoms with Crippen LogP contribution in [0.4, 0.5) is 0 Å². The molecule has 0 fully saturated rings. The van der Waals surface area contributed by atoms with Crippen molar-refractivity contribution >= 4 is 11.3 Å². The maximum atomic E-state index is 5.20. The molecule has 12 heavy (non-hydrogen) atoms. The molecule has 2 aromatic heterocycles. The van der Waals surface area contributed by atoms with E-state index in [0.29, 0.717) is 0 Å². The Balaban J connectivity index is 2.55. The third-order valence-corrected chi connectivity index (χ3v) is 2.77. The topological polar surface area (TPSA) is 26.0 Å². The van der Waals surface area contributed by atoms with Crippen molar-refractivity contribution in [3.8, 4) is 10.6 Å². The SMILES string of the molecule is Cc1noc(-c2cccs2)c1C. The van der Waals surface area contributed by atoms with E-state index >= 15 is 0 Å². The van der Waals surface area contributed by atoms with Gasteiger partial charge in [0.05, 0.1) is 10.6 Å². The summed E-state index contributed by atoms with van der Waals surface area (Å²) >= 11 is 1.67. The Morgan fingerprint density at radius 2 is 2.25 bits per heavy atom. The summed E-state index contributed by atoms with van der Waals surface area (Å²) in [5, 5.41) is 5.94. The molecule has 62 valence electrons. The predicted molar refractivity (Wildman–Crippen MR) is 49.3 cm³/mol. The average Bonchev–Trinajstić information content (AvgIpc) is 2.64. The normalized spacial score (nSPS) is 10.5. The van der Waals surface area contributed by atoms with Gasteiger partial charge in [-0.2, -0.15) is 0 Å². The summed E-state index contributed by atoms with van der Waals surface area (Å²) in [4.78, 5) is 1.15. The number of hydrogen-bond acceptors (Lipinski definition) is 3. The van der Waals surface area contributed by atoms with E-state index in [9.17, 15) is 0 Å². The van der Waals surface area contributed by atoms with Crippen molar-refractivity contribution < 1.29 is 4.52 Å². The second-order valence-electron chi connectivity index (χ2n) is 2.70. The highest BCUT2D eigenvalue weighted by atomic mass is 32.1. The number of nitrogens with zero attached hydrogens (tertiary/aromatic N) is 1. The lowest BCUT2D eigenvalue weighted by Crippen LogP contribution is -1.74. The van der Waals surface area contributed by atoms with Crippen LogP contribution in [0.3, 0.4) is 0 Å². The Kier molecular flexibility index (Phi) is 1.73. The van der Waals surface area contributed by atoms with Crippen LogP contribution >= 0.6 is 11.3 Å². The molecule has 0 aliphatic heterocycles. The fraction of sp³-hybridized carbons (Fsp3) is 0.222. The molecule has 0 aliphatic carbocycles. The van der Waals surface area contributed by atoms with E-state index in [0.717, 1.165) is 21.9 Å². The van der Waals surface area contributed by atoms with E-state index in [1.807, 2.05) is 31.4 Å². The first-order chi connectivity index (χ1) is 5.79. The predicted octanol–water partition coefficient (Wildman–Crippen LogP) is 3.02. The van der Waals surface area contributed by atoms with E-state index in [2.05, 4.69) is 5.16 Å². The highest BCUT2D eigenvalue weighted by Gasteiger charge is 2.10. The van der Waals surface area contributed by atoms with Gasteiger partial charge in [-0.25, -0.2) is 0 Å². The van der Waals surface area contributed by atoms with E-state index in [1.54, 1.807) is 11.3 Å². The standard InChI is InChI=1S/C9H9NOS/c1-6-7(2)10-11-9(6)8-4-3-5-12-8/h3-5H,1-2H3. The molecule has 0 saturated carbocycles. The first-order valence-corrected chi connectivity index (χ1v) is 4.64. The quantitative estimate of drug-likeness (QED) is 0.672. The van der Waals surface area contributed by atoms with Crippen LogP contribution in [0.2, 0.25) is 0 Å². The van der Waals surface area contributed by atoms with Crippen LogP contribution in [0.1, 0.15) is 11.3 Å². The van der Waals surface area contributed by atoms with E-state index < -0.39 is 0 Å². The lowest BCUT2D eigenvalue weighted by molar-refractivity contribution is 0.427. The van der Waals surface area contributed by atoms with Crippen LogP contribution in [-0.4, -0.2) is 5.16 Å². The van der Waals surface area contributed by atoms with Gasteiger partial charge >= 0.3 is 0 Å². The fourth-order valence-electron chi connectivity index (χ4n) is 1.05. The minimum Gasteiger partial charge on any atom is -0.355 e. The molecule has 2 nitrogen and oxygen atoms in total. The molecular weight excluding hydrogens is 170 g/mol. The van der Waals surface area contributed by atoms with Crippen LogP contribution in [-0.2, 0) is 0 Å². The van der Waals surface area contributed by atoms with Crippen molar-refractivity contribution in [3.05, 3.63) is 28.8 Å². The van der Waals surface area contributed by atoms with Gasteiger partial charge in [-0.1, -0.05) is 11.2 Å². The molecule has 0 spiro atoms. The lowest BCUT2D eigenvalue weighted by atomic mass is 10.2. The van der Waals surface area contributed by atoms with E-state index in [4.69, 9.17) is 4.52 Å². The zero-order valence-electron chi connectivity index (χ0n) is 7.00. The molecule has 3 heteroatoms. The van der Waals surface area contributed by atoms with Crippen LogP contribution in [0, 0.1) is 13.8 Å². The maximum absolute atomic E-state index is 5.20. The van der Waals surface area contributed by atoms with Crippen molar-refractivity contribution in [3.63, 3.8) is 0 Å². The smallest absolute Gasteiger partial charge is 0.179 e. The first-order valence-electron chi connectivity index (χ1n) is 3.76. The van der Waals surface area contributed by atoms with Gasteiger partial charge in [-0.15, -0.1) is 11.3 Å². The number of rotatable bonds is 1. The third-order valence-electron chi connectivity index (χ3n) is 1.90. The molecule has 0 saturated heterocycles. The first kappa shape index (κ1) is 7.55. The van der Waals surface area contributed by atoms with Gasteiger partial charge in [0.2, 0.25) is 0 Å². The zero-order chi connectivity index (χ0) is 8.55. The summed E-state index contributed by atoms with van der Waals surface area (Å²) in [6, 6.07) is 4.05. The van der Waals surface area contributed by atoms with E-state index in [1.165, 1.54) is 0 Å². The molecule has 0 unspecified atom stereocenters. The lowest BCUT2D eigenvalue weighted by Gasteiger charge is -1.89. The Labute approximate surface area is 74.8 Å². The van der Waals surface area contributed by atoms with Gasteiger partial charge in [-0.3, -0.25) is 0 Å². The Morgan fingerprint density at radius 3 is 2.75 bits per heavy atom. The van der Waals surface area contributed by atoms with Gasteiger partial charge in [0, 0.05) is 5.56 Å². The number of aromatic nitrogens is 1. The molecule has 0 bridgehead atoms. The summed E-state index contributed by atoms with van der Waals surface area (Å²) in [5.41, 5.74) is 2.11. The molecule has 0 amide bonds. The Bertz CT molecular complexity index is 375. The van der Waals surface area contributed by atoms with E-state index in [-0.39, 0.29) is 0 Å². The molecule has 0 radical (unpaired) electrons. The minimum absolute atomic E-state index is 0.905. The van der Waals surface area contributed by atoms with Crippen molar-refractivity contribution in [2.24, 2.45) is 0 Å². The van der Waals surface area contributed by atoms with Gasteiger partial charge < -0.3 is 4.52 Å². The minimum atomic E-state index is 0.905. The molecule has 0 aromatic carbocycles. The van der Waals surface area contributed by atoms with Crippen molar-refractivity contribution in [1.82, 2.24) is 5.16 Å². The number of hydrogen-bond donors (Lipinski definition) is 0. The second kappa shape index (κ2) is 2.75. The second-order valence-corrected chi connectivity index (χ2v) is 3.65. The van der Waals surface area contributed by atoms with Crippen LogP contribution in [0.15, 0.2) is 22.0 Å². The number of thiophene rings is 1. The van der Waals surface area contributed by atoms with Crippen molar-refractivity contribution in [1.29, 1.82) is 0 Å². The highest BCUT2D eigenvalue weighted by molar-refractivity contribution is 7.13. The third kappa shape index (κ3) is 1.06. The average molecular weight is 179 g/mol. The Hall–Kier alpha value is -1.09. The van der Waals surface area contributed by atoms with Gasteiger partial charge in [0.15, 0.2) is 5.76 Å². The van der Waals surface area contributed by atoms with Gasteiger partial charge in [0.1, 0.15) is 0 Å². The monoisotopic (exact) mass is 179 g/mol. The summed E-state index contributed by atoms with van der Waals surface area (Å²) in [5.74, 6) is 0.905. The highest BCUT2D eigenvalue weighted by Crippen LogP contribution is 2.28. The molecule has 0 aliphatic rings. The largest absolute Gasteiger partial charge is 0.355 e. The Morgan fingerprint density at radius 1 is 1.42 bits per heavy atom. The van der Waals surface area contributed by atoms with Crippen molar-refractivity contribution in [2.45, 2.75) is 13.8 Å². The van der Waals surface area contributed by atoms with Gasteiger partial charge in [0.25, 0.3) is 0 Å². The summed E-state index contributed by atoms with van der Waals surface area (Å²) in [7, 11) is 0. The van der Waals surface area contributed by atoms with Crippen LogP contribution in [0.25, 0.3) is 10.6 Å². The molecule has 2 heterocycles. The molecular formula is C9H9NOS. The molecule has 2 rings (SSSR count). The molecule has 0 atom stereocenters. The molecule has 0 N–H and O–H groups in total. The summed E-state index contributed by atoms with van der Waals surface area (Å²) in [6.45, 7) is 3.98. The fourth-order valence-corrected chi connectivity index (χ4v) is 1.81. The van der Waals surface area contributed by atoms with Gasteiger partial charge in [-0.05, 0) is 25.3 Å². The maximum Gasteiger partial charge on any atom is 0.179 e. The van der Waals surface area contributed by atoms with Crippen LogP contribution < -0.4 is 0 Å². The summed E-state index contributed by atoms with van der Waals surface area (Å²) in [6.07, 6.45) is 0. The van der Waals surface area contributed by atoms with Crippen molar-refractivity contribution in [2.75, 3.05) is 0 Å². The zero-order valence-corrected chi connectivity index (χ0v) is 7.81. The summed E-state index contributed by atoms with van der Waals surface area (Å²) < 4.78 is 5.20.